The third kappa shape index (κ3) is 3.71. The van der Waals surface area contributed by atoms with Crippen molar-refractivity contribution in [3.8, 4) is 0 Å². The molecule has 11 heteroatoms. The summed E-state index contributed by atoms with van der Waals surface area (Å²) >= 11 is 0. The Hall–Kier alpha value is -3.12. The molecule has 158 valence electrons. The minimum Gasteiger partial charge on any atom is -0.394 e. The molecule has 0 unspecified atom stereocenters. The topological polar surface area (TPSA) is 159 Å². The lowest BCUT2D eigenvalue weighted by Gasteiger charge is -2.14. The van der Waals surface area contributed by atoms with Gasteiger partial charge in [0.05, 0.1) is 41.8 Å². The molecule has 1 saturated heterocycles. The highest BCUT2D eigenvalue weighted by Crippen LogP contribution is 2.34. The molecule has 0 amide bonds. The zero-order valence-electron chi connectivity index (χ0n) is 15.9. The molecule has 30 heavy (non-hydrogen) atoms. The summed E-state index contributed by atoms with van der Waals surface area (Å²) in [6.07, 6.45) is 1.38. The normalized spacial score (nSPS) is 21.3. The van der Waals surface area contributed by atoms with Crippen molar-refractivity contribution in [2.45, 2.75) is 38.1 Å². The highest BCUT2D eigenvalue weighted by atomic mass is 16.6. The van der Waals surface area contributed by atoms with Gasteiger partial charge in [0.2, 0.25) is 0 Å². The molecule has 4 rings (SSSR count). The molecule has 3 atom stereocenters. The van der Waals surface area contributed by atoms with Crippen molar-refractivity contribution in [1.29, 1.82) is 0 Å². The van der Waals surface area contributed by atoms with E-state index >= 15 is 0 Å². The Morgan fingerprint density at radius 1 is 1.30 bits per heavy atom. The Labute approximate surface area is 170 Å². The minimum absolute atomic E-state index is 0.00818. The van der Waals surface area contributed by atoms with Crippen molar-refractivity contribution < 1.29 is 24.6 Å². The van der Waals surface area contributed by atoms with Gasteiger partial charge in [-0.25, -0.2) is 9.97 Å². The van der Waals surface area contributed by atoms with Crippen LogP contribution < -0.4 is 5.73 Å². The van der Waals surface area contributed by atoms with Crippen molar-refractivity contribution in [3.63, 3.8) is 0 Å². The number of anilines is 1. The smallest absolute Gasteiger partial charge is 0.274 e. The fraction of sp³-hybridized carbons (Fsp3) is 0.368. The number of hydrogen-bond acceptors (Lipinski definition) is 9. The molecule has 2 aromatic heterocycles. The Morgan fingerprint density at radius 3 is 2.80 bits per heavy atom. The van der Waals surface area contributed by atoms with Crippen molar-refractivity contribution in [3.05, 3.63) is 58.0 Å². The number of nitrogens with zero attached hydrogens (tertiary/aromatic N) is 4. The number of aromatic nitrogens is 3. The first-order chi connectivity index (χ1) is 14.5. The van der Waals surface area contributed by atoms with Crippen LogP contribution in [0.2, 0.25) is 0 Å². The highest BCUT2D eigenvalue weighted by molar-refractivity contribution is 5.89. The van der Waals surface area contributed by atoms with Gasteiger partial charge in [-0.2, -0.15) is 0 Å². The van der Waals surface area contributed by atoms with Crippen molar-refractivity contribution >= 4 is 22.5 Å². The second-order valence-corrected chi connectivity index (χ2v) is 7.01. The molecule has 0 bridgehead atoms. The van der Waals surface area contributed by atoms with Crippen LogP contribution >= 0.6 is 0 Å². The van der Waals surface area contributed by atoms with E-state index in [1.807, 2.05) is 0 Å². The summed E-state index contributed by atoms with van der Waals surface area (Å²) in [6.45, 7) is -0.131. The van der Waals surface area contributed by atoms with E-state index in [0.29, 0.717) is 22.2 Å². The monoisotopic (exact) mass is 415 g/mol. The summed E-state index contributed by atoms with van der Waals surface area (Å²) in [6, 6.07) is 6.38. The fourth-order valence-corrected chi connectivity index (χ4v) is 3.65. The maximum absolute atomic E-state index is 11.2. The van der Waals surface area contributed by atoms with Crippen molar-refractivity contribution in [1.82, 2.24) is 14.5 Å². The second kappa shape index (κ2) is 8.32. The third-order valence-corrected chi connectivity index (χ3v) is 5.11. The van der Waals surface area contributed by atoms with Gasteiger partial charge in [-0.15, -0.1) is 0 Å². The third-order valence-electron chi connectivity index (χ3n) is 5.11. The first-order valence-electron chi connectivity index (χ1n) is 9.34. The molecule has 0 spiro atoms. The van der Waals surface area contributed by atoms with E-state index in [0.717, 1.165) is 0 Å². The number of nitro benzene ring substituents is 1. The van der Waals surface area contributed by atoms with E-state index in [-0.39, 0.29) is 37.7 Å². The van der Waals surface area contributed by atoms with Gasteiger partial charge in [0, 0.05) is 24.2 Å². The van der Waals surface area contributed by atoms with Crippen LogP contribution in [0, 0.1) is 10.1 Å². The highest BCUT2D eigenvalue weighted by Gasteiger charge is 2.35. The zero-order valence-corrected chi connectivity index (χ0v) is 15.9. The summed E-state index contributed by atoms with van der Waals surface area (Å²) in [4.78, 5) is 19.0. The first kappa shape index (κ1) is 20.2. The second-order valence-electron chi connectivity index (χ2n) is 7.01. The number of nitro groups is 1. The number of para-hydroxylation sites is 1. The lowest BCUT2D eigenvalue weighted by Crippen LogP contribution is -2.24. The van der Waals surface area contributed by atoms with Crippen LogP contribution in [0.15, 0.2) is 36.8 Å². The van der Waals surface area contributed by atoms with Crippen molar-refractivity contribution in [2.75, 3.05) is 12.3 Å². The van der Waals surface area contributed by atoms with Gasteiger partial charge in [0.15, 0.2) is 0 Å². The molecule has 11 nitrogen and oxygen atoms in total. The van der Waals surface area contributed by atoms with E-state index in [1.165, 1.54) is 12.4 Å². The van der Waals surface area contributed by atoms with Gasteiger partial charge in [-0.05, 0) is 6.07 Å². The van der Waals surface area contributed by atoms with Gasteiger partial charge in [0.25, 0.3) is 5.69 Å². The fourth-order valence-electron chi connectivity index (χ4n) is 3.65. The van der Waals surface area contributed by atoms with E-state index in [4.69, 9.17) is 15.2 Å². The molecule has 0 aliphatic carbocycles. The van der Waals surface area contributed by atoms with Crippen LogP contribution in [0.5, 0.6) is 0 Å². The van der Waals surface area contributed by atoms with Crippen LogP contribution in [0.3, 0.4) is 0 Å². The Kier molecular flexibility index (Phi) is 5.59. The average Bonchev–Trinajstić information content (AvgIpc) is 3.29. The maximum Gasteiger partial charge on any atom is 0.274 e. The number of nitrogen functional groups attached to an aromatic ring is 1. The number of fused-ring (bicyclic) bond motifs is 1. The number of aliphatic hydroxyl groups excluding tert-OH is 2. The largest absolute Gasteiger partial charge is 0.394 e. The quantitative estimate of drug-likeness (QED) is 0.381. The minimum atomic E-state index is -0.796. The van der Waals surface area contributed by atoms with E-state index in [1.54, 1.807) is 29.0 Å². The van der Waals surface area contributed by atoms with Gasteiger partial charge in [-0.3, -0.25) is 10.1 Å². The van der Waals surface area contributed by atoms with Gasteiger partial charge < -0.3 is 30.0 Å². The van der Waals surface area contributed by atoms with Gasteiger partial charge in [-0.1, -0.05) is 12.1 Å². The molecule has 3 aromatic rings. The molecule has 1 fully saturated rings. The molecule has 0 radical (unpaired) electrons. The molecule has 1 aliphatic rings. The van der Waals surface area contributed by atoms with Crippen LogP contribution in [0.25, 0.3) is 11.0 Å². The SMILES string of the molecule is Nc1ncnc2c1c(COCc1ccccc1[N+](=O)[O-])cn2[C@H]1C[C@@H](O)[C@@H](CO)O1. The van der Waals surface area contributed by atoms with Crippen LogP contribution in [-0.2, 0) is 22.7 Å². The summed E-state index contributed by atoms with van der Waals surface area (Å²) in [5.74, 6) is 0.264. The molecular formula is C19H21N5O6. The Morgan fingerprint density at radius 2 is 2.07 bits per heavy atom. The lowest BCUT2D eigenvalue weighted by atomic mass is 10.2. The van der Waals surface area contributed by atoms with Crippen LogP contribution in [-0.4, -0.2) is 48.5 Å². The standard InChI is InChI=1S/C19H21N5O6/c20-18-17-12(9-29-8-11-3-1-2-4-13(11)24(27)28)6-23(19(17)22-10-21-18)16-5-14(26)15(7-25)30-16/h1-4,6,10,14-16,25-26H,5,7-9H2,(H2,20,21,22)/t14-,15-,16-/m1/s1. The summed E-state index contributed by atoms with van der Waals surface area (Å²) in [5.41, 5.74) is 7.71. The van der Waals surface area contributed by atoms with E-state index in [2.05, 4.69) is 9.97 Å². The number of rotatable bonds is 7. The average molecular weight is 415 g/mol. The summed E-state index contributed by atoms with van der Waals surface area (Å²) in [7, 11) is 0. The van der Waals surface area contributed by atoms with E-state index in [9.17, 15) is 20.3 Å². The number of aliphatic hydroxyl groups is 2. The molecule has 1 aliphatic heterocycles. The molecule has 4 N–H and O–H groups in total. The zero-order chi connectivity index (χ0) is 21.3. The van der Waals surface area contributed by atoms with Crippen molar-refractivity contribution in [2.24, 2.45) is 0 Å². The summed E-state index contributed by atoms with van der Waals surface area (Å²) < 4.78 is 13.2. The lowest BCUT2D eigenvalue weighted by molar-refractivity contribution is -0.386. The summed E-state index contributed by atoms with van der Waals surface area (Å²) in [5, 5.41) is 31.2. The Bertz CT molecular complexity index is 1070. The number of benzene rings is 1. The number of ether oxygens (including phenoxy) is 2. The van der Waals surface area contributed by atoms with Crippen LogP contribution in [0.1, 0.15) is 23.8 Å². The maximum atomic E-state index is 11.2. The number of hydrogen-bond donors (Lipinski definition) is 3. The first-order valence-corrected chi connectivity index (χ1v) is 9.34. The predicted molar refractivity (Wildman–Crippen MR) is 105 cm³/mol. The molecule has 3 heterocycles. The van der Waals surface area contributed by atoms with E-state index < -0.39 is 23.4 Å². The number of nitrogens with two attached hydrogens (primary N) is 1. The molecular weight excluding hydrogens is 394 g/mol. The molecule has 0 saturated carbocycles. The van der Waals surface area contributed by atoms with Crippen LogP contribution in [0.4, 0.5) is 11.5 Å². The Balaban J connectivity index is 1.59. The van der Waals surface area contributed by atoms with Gasteiger partial charge >= 0.3 is 0 Å². The predicted octanol–water partition coefficient (Wildman–Crippen LogP) is 1.28. The van der Waals surface area contributed by atoms with Gasteiger partial charge in [0.1, 0.15) is 30.1 Å². The molecule has 1 aromatic carbocycles.